The predicted molar refractivity (Wildman–Crippen MR) is 81.1 cm³/mol. The second-order valence-electron chi connectivity index (χ2n) is 4.54. The first-order chi connectivity index (χ1) is 10.2. The van der Waals surface area contributed by atoms with Crippen molar-refractivity contribution in [1.29, 1.82) is 10.5 Å². The Hall–Kier alpha value is -2.98. The van der Waals surface area contributed by atoms with Crippen LogP contribution in [0.1, 0.15) is 11.1 Å². The van der Waals surface area contributed by atoms with E-state index in [0.717, 1.165) is 5.69 Å². The Bertz CT molecular complexity index is 698. The summed E-state index contributed by atoms with van der Waals surface area (Å²) in [5.41, 5.74) is 2.11. The van der Waals surface area contributed by atoms with Crippen molar-refractivity contribution in [3.8, 4) is 17.9 Å². The van der Waals surface area contributed by atoms with Crippen LogP contribution in [0, 0.1) is 22.7 Å². The van der Waals surface area contributed by atoms with Crippen molar-refractivity contribution in [3.05, 3.63) is 59.7 Å². The van der Waals surface area contributed by atoms with Gasteiger partial charge < -0.3 is 9.64 Å². The Morgan fingerprint density at radius 2 is 1.86 bits per heavy atom. The van der Waals surface area contributed by atoms with E-state index < -0.39 is 0 Å². The van der Waals surface area contributed by atoms with E-state index in [1.807, 2.05) is 36.2 Å². The number of hydrogen-bond acceptors (Lipinski definition) is 4. The van der Waals surface area contributed by atoms with Gasteiger partial charge >= 0.3 is 0 Å². The minimum absolute atomic E-state index is 0.477. The first-order valence-corrected chi connectivity index (χ1v) is 6.58. The van der Waals surface area contributed by atoms with E-state index in [1.54, 1.807) is 24.3 Å². The largest absolute Gasteiger partial charge is 0.492 e. The van der Waals surface area contributed by atoms with Crippen LogP contribution in [0.25, 0.3) is 0 Å². The lowest BCUT2D eigenvalue weighted by Crippen LogP contribution is -2.24. The van der Waals surface area contributed by atoms with Gasteiger partial charge in [-0.2, -0.15) is 10.5 Å². The fourth-order valence-corrected chi connectivity index (χ4v) is 1.98. The molecule has 0 aliphatic heterocycles. The van der Waals surface area contributed by atoms with Gasteiger partial charge in [-0.15, -0.1) is 0 Å². The van der Waals surface area contributed by atoms with Gasteiger partial charge in [0.15, 0.2) is 0 Å². The second kappa shape index (κ2) is 6.98. The second-order valence-corrected chi connectivity index (χ2v) is 4.54. The number of para-hydroxylation sites is 1. The van der Waals surface area contributed by atoms with Crippen LogP contribution < -0.4 is 9.64 Å². The lowest BCUT2D eigenvalue weighted by Gasteiger charge is -2.20. The fraction of sp³-hybridized carbons (Fsp3) is 0.176. The topological polar surface area (TPSA) is 60.0 Å². The Labute approximate surface area is 124 Å². The van der Waals surface area contributed by atoms with Crippen LogP contribution in [-0.4, -0.2) is 20.2 Å². The van der Waals surface area contributed by atoms with Gasteiger partial charge in [-0.1, -0.05) is 18.2 Å². The summed E-state index contributed by atoms with van der Waals surface area (Å²) in [5, 5.41) is 17.9. The molecule has 21 heavy (non-hydrogen) atoms. The monoisotopic (exact) mass is 277 g/mol. The first-order valence-electron chi connectivity index (χ1n) is 6.58. The Kier molecular flexibility index (Phi) is 4.79. The minimum atomic E-state index is 0.477. The van der Waals surface area contributed by atoms with Crippen LogP contribution in [0.4, 0.5) is 5.69 Å². The van der Waals surface area contributed by atoms with Gasteiger partial charge in [0, 0.05) is 7.05 Å². The van der Waals surface area contributed by atoms with E-state index in [2.05, 4.69) is 12.1 Å². The van der Waals surface area contributed by atoms with E-state index in [1.165, 1.54) is 0 Å². The Morgan fingerprint density at radius 3 is 2.62 bits per heavy atom. The number of rotatable bonds is 5. The minimum Gasteiger partial charge on any atom is -0.492 e. The third kappa shape index (κ3) is 3.75. The highest BCUT2D eigenvalue weighted by Crippen LogP contribution is 2.18. The molecule has 0 spiro atoms. The molecule has 0 bridgehead atoms. The summed E-state index contributed by atoms with van der Waals surface area (Å²) < 4.78 is 5.64. The lowest BCUT2D eigenvalue weighted by atomic mass is 10.2. The molecule has 0 saturated heterocycles. The van der Waals surface area contributed by atoms with Gasteiger partial charge in [0.05, 0.1) is 29.4 Å². The van der Waals surface area contributed by atoms with Crippen molar-refractivity contribution in [3.63, 3.8) is 0 Å². The molecule has 2 aromatic rings. The molecule has 2 aromatic carbocycles. The van der Waals surface area contributed by atoms with Gasteiger partial charge in [0.2, 0.25) is 0 Å². The summed E-state index contributed by atoms with van der Waals surface area (Å²) >= 11 is 0. The molecule has 0 fully saturated rings. The molecule has 0 aliphatic rings. The van der Waals surface area contributed by atoms with Crippen molar-refractivity contribution in [1.82, 2.24) is 0 Å². The summed E-state index contributed by atoms with van der Waals surface area (Å²) in [6.07, 6.45) is 0. The van der Waals surface area contributed by atoms with Crippen LogP contribution in [0.3, 0.4) is 0 Å². The Balaban J connectivity index is 1.94. The Morgan fingerprint density at radius 1 is 1.05 bits per heavy atom. The molecule has 0 saturated carbocycles. The van der Waals surface area contributed by atoms with Crippen molar-refractivity contribution >= 4 is 5.69 Å². The molecule has 4 nitrogen and oxygen atoms in total. The van der Waals surface area contributed by atoms with Gasteiger partial charge in [-0.05, 0) is 30.3 Å². The van der Waals surface area contributed by atoms with E-state index in [-0.39, 0.29) is 0 Å². The number of likely N-dealkylation sites (N-methyl/N-ethyl adjacent to an activating group) is 1. The number of nitriles is 2. The highest BCUT2D eigenvalue weighted by molar-refractivity contribution is 5.58. The predicted octanol–water partition coefficient (Wildman–Crippen LogP) is 2.95. The third-order valence-corrected chi connectivity index (χ3v) is 3.09. The van der Waals surface area contributed by atoms with E-state index in [9.17, 15) is 0 Å². The molecular weight excluding hydrogens is 262 g/mol. The van der Waals surface area contributed by atoms with E-state index in [4.69, 9.17) is 15.3 Å². The summed E-state index contributed by atoms with van der Waals surface area (Å²) in [6.45, 7) is 1.13. The van der Waals surface area contributed by atoms with Crippen LogP contribution >= 0.6 is 0 Å². The molecule has 0 atom stereocenters. The summed E-state index contributed by atoms with van der Waals surface area (Å²) in [7, 11) is 1.92. The highest BCUT2D eigenvalue weighted by atomic mass is 16.5. The zero-order valence-corrected chi connectivity index (χ0v) is 11.8. The zero-order chi connectivity index (χ0) is 15.1. The quantitative estimate of drug-likeness (QED) is 0.843. The zero-order valence-electron chi connectivity index (χ0n) is 11.8. The number of nitrogens with zero attached hydrogens (tertiary/aromatic N) is 3. The van der Waals surface area contributed by atoms with Crippen LogP contribution in [0.5, 0.6) is 5.75 Å². The smallest absolute Gasteiger partial charge is 0.120 e. The maximum Gasteiger partial charge on any atom is 0.120 e. The van der Waals surface area contributed by atoms with Crippen molar-refractivity contribution in [2.45, 2.75) is 0 Å². The van der Waals surface area contributed by atoms with Crippen molar-refractivity contribution in [2.75, 3.05) is 25.1 Å². The van der Waals surface area contributed by atoms with Gasteiger partial charge in [0.25, 0.3) is 0 Å². The van der Waals surface area contributed by atoms with Gasteiger partial charge in [-0.3, -0.25) is 0 Å². The molecule has 0 amide bonds. The van der Waals surface area contributed by atoms with Crippen LogP contribution in [-0.2, 0) is 0 Å². The first kappa shape index (κ1) is 14.4. The molecule has 0 aliphatic carbocycles. The molecule has 2 rings (SSSR count). The number of benzene rings is 2. The average molecular weight is 277 g/mol. The summed E-state index contributed by atoms with van der Waals surface area (Å²) in [5.74, 6) is 0.677. The van der Waals surface area contributed by atoms with E-state index in [0.29, 0.717) is 30.0 Å². The van der Waals surface area contributed by atoms with Gasteiger partial charge in [0.1, 0.15) is 18.4 Å². The number of ether oxygens (including phenoxy) is 1. The number of hydrogen-bond donors (Lipinski definition) is 0. The van der Waals surface area contributed by atoms with Crippen LogP contribution in [0.15, 0.2) is 48.5 Å². The molecule has 0 radical (unpaired) electrons. The van der Waals surface area contributed by atoms with Gasteiger partial charge in [-0.25, -0.2) is 0 Å². The normalized spacial score (nSPS) is 9.48. The van der Waals surface area contributed by atoms with Crippen molar-refractivity contribution in [2.24, 2.45) is 0 Å². The molecule has 104 valence electrons. The maximum absolute atomic E-state index is 9.09. The molecular formula is C17H15N3O. The fourth-order valence-electron chi connectivity index (χ4n) is 1.98. The summed E-state index contributed by atoms with van der Waals surface area (Å²) in [6, 6.07) is 18.8. The maximum atomic E-state index is 9.09. The van der Waals surface area contributed by atoms with Crippen molar-refractivity contribution < 1.29 is 4.74 Å². The number of anilines is 1. The molecule has 0 heterocycles. The standard InChI is InChI=1S/C17H15N3O/c1-20(17-8-3-2-6-15(17)13-19)9-10-21-16-7-4-5-14(11-16)12-18/h2-8,11H,9-10H2,1H3. The third-order valence-electron chi connectivity index (χ3n) is 3.09. The van der Waals surface area contributed by atoms with Crippen LogP contribution in [0.2, 0.25) is 0 Å². The summed E-state index contributed by atoms with van der Waals surface area (Å²) in [4.78, 5) is 1.98. The molecule has 0 N–H and O–H groups in total. The highest BCUT2D eigenvalue weighted by Gasteiger charge is 2.06. The lowest BCUT2D eigenvalue weighted by molar-refractivity contribution is 0.326. The average Bonchev–Trinajstić information content (AvgIpc) is 2.55. The SMILES string of the molecule is CN(CCOc1cccc(C#N)c1)c1ccccc1C#N. The molecule has 0 aromatic heterocycles. The molecule has 0 unspecified atom stereocenters. The molecule has 4 heteroatoms. The van der Waals surface area contributed by atoms with E-state index >= 15 is 0 Å².